The van der Waals surface area contributed by atoms with Gasteiger partial charge in [0.25, 0.3) is 0 Å². The maximum absolute atomic E-state index is 12.0. The first-order chi connectivity index (χ1) is 9.99. The molecule has 21 heavy (non-hydrogen) atoms. The Morgan fingerprint density at radius 3 is 2.57 bits per heavy atom. The van der Waals surface area contributed by atoms with E-state index in [4.69, 9.17) is 4.74 Å². The molecule has 1 amide bonds. The van der Waals surface area contributed by atoms with Gasteiger partial charge in [-0.1, -0.05) is 6.08 Å². The number of hydrogen-bond acceptors (Lipinski definition) is 4. The quantitative estimate of drug-likeness (QED) is 0.668. The van der Waals surface area contributed by atoms with E-state index in [9.17, 15) is 13.2 Å². The maximum Gasteiger partial charge on any atom is 0.240 e. The van der Waals surface area contributed by atoms with Crippen molar-refractivity contribution in [1.82, 2.24) is 10.0 Å². The highest BCUT2D eigenvalue weighted by Crippen LogP contribution is 2.15. The van der Waals surface area contributed by atoms with Gasteiger partial charge in [-0.2, -0.15) is 0 Å². The van der Waals surface area contributed by atoms with Crippen LogP contribution in [-0.4, -0.2) is 34.0 Å². The van der Waals surface area contributed by atoms with Gasteiger partial charge in [-0.3, -0.25) is 4.79 Å². The van der Waals surface area contributed by atoms with Gasteiger partial charge in [0, 0.05) is 19.5 Å². The molecule has 0 aliphatic rings. The first kappa shape index (κ1) is 17.2. The highest BCUT2D eigenvalue weighted by atomic mass is 32.2. The molecular weight excluding hydrogens is 292 g/mol. The van der Waals surface area contributed by atoms with Gasteiger partial charge in [-0.25, -0.2) is 13.1 Å². The molecule has 0 aliphatic carbocycles. The lowest BCUT2D eigenvalue weighted by molar-refractivity contribution is -0.120. The molecule has 0 radical (unpaired) electrons. The van der Waals surface area contributed by atoms with Gasteiger partial charge in [-0.15, -0.1) is 6.58 Å². The van der Waals surface area contributed by atoms with E-state index in [1.165, 1.54) is 12.1 Å². The molecular formula is C14H20N2O4S. The van der Waals surface area contributed by atoms with E-state index in [1.807, 2.05) is 6.92 Å². The Labute approximate surface area is 125 Å². The summed E-state index contributed by atoms with van der Waals surface area (Å²) in [5.41, 5.74) is 0. The summed E-state index contributed by atoms with van der Waals surface area (Å²) >= 11 is 0. The van der Waals surface area contributed by atoms with Crippen LogP contribution in [0.25, 0.3) is 0 Å². The van der Waals surface area contributed by atoms with E-state index in [2.05, 4.69) is 16.6 Å². The third-order valence-corrected chi connectivity index (χ3v) is 4.01. The second-order valence-electron chi connectivity index (χ2n) is 4.14. The molecule has 1 rings (SSSR count). The molecule has 0 atom stereocenters. The summed E-state index contributed by atoms with van der Waals surface area (Å²) < 4.78 is 31.6. The first-order valence-electron chi connectivity index (χ1n) is 6.59. The van der Waals surface area contributed by atoms with Crippen LogP contribution in [0.1, 0.15) is 13.3 Å². The van der Waals surface area contributed by atoms with Crippen LogP contribution in [0.15, 0.2) is 41.8 Å². The van der Waals surface area contributed by atoms with Crippen molar-refractivity contribution < 1.29 is 17.9 Å². The lowest BCUT2D eigenvalue weighted by Gasteiger charge is -2.08. The van der Waals surface area contributed by atoms with E-state index < -0.39 is 10.0 Å². The van der Waals surface area contributed by atoms with Crippen molar-refractivity contribution in [3.63, 3.8) is 0 Å². The highest BCUT2D eigenvalue weighted by molar-refractivity contribution is 7.89. The van der Waals surface area contributed by atoms with Gasteiger partial charge in [0.05, 0.1) is 11.5 Å². The lowest BCUT2D eigenvalue weighted by Crippen LogP contribution is -2.30. The fourth-order valence-corrected chi connectivity index (χ4v) is 2.57. The third kappa shape index (κ3) is 5.97. The van der Waals surface area contributed by atoms with Crippen LogP contribution in [0.3, 0.4) is 0 Å². The summed E-state index contributed by atoms with van der Waals surface area (Å²) in [4.78, 5) is 11.5. The third-order valence-electron chi connectivity index (χ3n) is 2.53. The Morgan fingerprint density at radius 2 is 2.00 bits per heavy atom. The van der Waals surface area contributed by atoms with Gasteiger partial charge in [0.2, 0.25) is 15.9 Å². The number of nitrogens with one attached hydrogen (secondary N) is 2. The molecule has 6 nitrogen and oxygen atoms in total. The summed E-state index contributed by atoms with van der Waals surface area (Å²) in [6.45, 7) is 6.25. The summed E-state index contributed by atoms with van der Waals surface area (Å²) in [5.74, 6) is 0.379. The number of carbonyl (C=O) groups excluding carboxylic acids is 1. The molecule has 0 heterocycles. The fraction of sp³-hybridized carbons (Fsp3) is 0.357. The van der Waals surface area contributed by atoms with Crippen LogP contribution in [0.5, 0.6) is 5.75 Å². The van der Waals surface area contributed by atoms with Crippen molar-refractivity contribution in [3.05, 3.63) is 36.9 Å². The number of ether oxygens (including phenoxy) is 1. The molecule has 0 bridgehead atoms. The smallest absolute Gasteiger partial charge is 0.240 e. The Bertz CT molecular complexity index is 567. The number of amides is 1. The second-order valence-corrected chi connectivity index (χ2v) is 5.91. The molecule has 1 aromatic rings. The van der Waals surface area contributed by atoms with Crippen LogP contribution < -0.4 is 14.8 Å². The van der Waals surface area contributed by atoms with Crippen LogP contribution in [0, 0.1) is 0 Å². The maximum atomic E-state index is 12.0. The van der Waals surface area contributed by atoms with Crippen molar-refractivity contribution in [2.24, 2.45) is 0 Å². The molecule has 0 spiro atoms. The van der Waals surface area contributed by atoms with Crippen LogP contribution in [-0.2, 0) is 14.8 Å². The Hall–Kier alpha value is -1.86. The molecule has 1 aromatic carbocycles. The van der Waals surface area contributed by atoms with E-state index >= 15 is 0 Å². The van der Waals surface area contributed by atoms with E-state index in [0.29, 0.717) is 18.9 Å². The molecule has 0 fully saturated rings. The zero-order valence-corrected chi connectivity index (χ0v) is 12.8. The number of sulfonamides is 1. The van der Waals surface area contributed by atoms with E-state index in [-0.39, 0.29) is 23.8 Å². The second kappa shape index (κ2) is 8.43. The Morgan fingerprint density at radius 1 is 1.33 bits per heavy atom. The van der Waals surface area contributed by atoms with Gasteiger partial charge in [0.15, 0.2) is 0 Å². The monoisotopic (exact) mass is 312 g/mol. The van der Waals surface area contributed by atoms with Crippen LogP contribution in [0.4, 0.5) is 0 Å². The number of rotatable bonds is 9. The molecule has 2 N–H and O–H groups in total. The Kier molecular flexibility index (Phi) is 6.90. The van der Waals surface area contributed by atoms with Gasteiger partial charge < -0.3 is 10.1 Å². The number of carbonyl (C=O) groups is 1. The van der Waals surface area contributed by atoms with Crippen molar-refractivity contribution >= 4 is 15.9 Å². The molecule has 116 valence electrons. The number of benzene rings is 1. The Balaban J connectivity index is 2.53. The van der Waals surface area contributed by atoms with Crippen molar-refractivity contribution in [3.8, 4) is 5.75 Å². The summed E-state index contributed by atoms with van der Waals surface area (Å²) in [6, 6.07) is 6.11. The topological polar surface area (TPSA) is 84.5 Å². The fourth-order valence-electron chi connectivity index (χ4n) is 1.54. The summed E-state index contributed by atoms with van der Waals surface area (Å²) in [5, 5.41) is 2.57. The van der Waals surface area contributed by atoms with Crippen LogP contribution >= 0.6 is 0 Å². The normalized spacial score (nSPS) is 10.9. The van der Waals surface area contributed by atoms with Crippen LogP contribution in [0.2, 0.25) is 0 Å². The standard InChI is InChI=1S/C14H20N2O4S/c1-3-10-15-14(17)9-11-16-21(18,19)13-7-5-12(6-8-13)20-4-2/h3,5-8,16H,1,4,9-11H2,2H3,(H,15,17). The van der Waals surface area contributed by atoms with Gasteiger partial charge >= 0.3 is 0 Å². The van der Waals surface area contributed by atoms with Crippen molar-refractivity contribution in [2.45, 2.75) is 18.2 Å². The zero-order chi connectivity index (χ0) is 15.7. The van der Waals surface area contributed by atoms with Crippen molar-refractivity contribution in [1.29, 1.82) is 0 Å². The van der Waals surface area contributed by atoms with E-state index in [1.54, 1.807) is 18.2 Å². The molecule has 0 unspecified atom stereocenters. The van der Waals surface area contributed by atoms with E-state index in [0.717, 1.165) is 0 Å². The molecule has 0 aliphatic heterocycles. The average Bonchev–Trinajstić information content (AvgIpc) is 2.46. The molecule has 7 heteroatoms. The minimum atomic E-state index is -3.61. The minimum absolute atomic E-state index is 0.0402. The lowest BCUT2D eigenvalue weighted by atomic mass is 10.3. The van der Waals surface area contributed by atoms with Gasteiger partial charge in [0.1, 0.15) is 5.75 Å². The predicted octanol–water partition coefficient (Wildman–Crippen LogP) is 1.06. The molecule has 0 saturated heterocycles. The predicted molar refractivity (Wildman–Crippen MR) is 80.6 cm³/mol. The first-order valence-corrected chi connectivity index (χ1v) is 8.08. The summed E-state index contributed by atoms with van der Waals surface area (Å²) in [7, 11) is -3.61. The largest absolute Gasteiger partial charge is 0.494 e. The molecule has 0 saturated carbocycles. The molecule has 0 aromatic heterocycles. The zero-order valence-electron chi connectivity index (χ0n) is 12.0. The SMILES string of the molecule is C=CCNC(=O)CCNS(=O)(=O)c1ccc(OCC)cc1. The minimum Gasteiger partial charge on any atom is -0.494 e. The number of hydrogen-bond donors (Lipinski definition) is 2. The van der Waals surface area contributed by atoms with Crippen molar-refractivity contribution in [2.75, 3.05) is 19.7 Å². The highest BCUT2D eigenvalue weighted by Gasteiger charge is 2.14. The van der Waals surface area contributed by atoms with Gasteiger partial charge in [-0.05, 0) is 31.2 Å². The summed E-state index contributed by atoms with van der Waals surface area (Å²) in [6.07, 6.45) is 1.63. The average molecular weight is 312 g/mol.